The van der Waals surface area contributed by atoms with Crippen molar-refractivity contribution < 1.29 is 4.42 Å². The standard InChI is InChI=1S/C65H38N4OS/c1-3-14-39(15-4-1)40-26-28-43(29-27-40)63-66-64(46-30-32-49-48-22-11-12-25-59(48)71-60(49)36-46)68-65(67-63)50-23-13-24-57-62(50)53-37-51(41-16-5-2-6-17-41)56(38-58(53)70-57)69-54-33-31-42-18-9-10-21-47(42)61(54)52-34-44-19-7-8-20-45(44)35-55(52)69/h1-38H. The maximum Gasteiger partial charge on any atom is 0.164 e. The lowest BCUT2D eigenvalue weighted by atomic mass is 9.98. The molecule has 0 saturated heterocycles. The maximum atomic E-state index is 6.99. The number of hydrogen-bond donors (Lipinski definition) is 0. The van der Waals surface area contributed by atoms with Crippen LogP contribution >= 0.6 is 11.3 Å². The van der Waals surface area contributed by atoms with Crippen LogP contribution in [0.25, 0.3) is 148 Å². The molecule has 6 heteroatoms. The Morgan fingerprint density at radius 2 is 0.958 bits per heavy atom. The van der Waals surface area contributed by atoms with Gasteiger partial charge in [0.1, 0.15) is 11.2 Å². The van der Waals surface area contributed by atoms with E-state index in [0.29, 0.717) is 17.5 Å². The van der Waals surface area contributed by atoms with Crippen molar-refractivity contribution in [3.63, 3.8) is 0 Å². The molecule has 0 atom stereocenters. The molecule has 0 aliphatic carbocycles. The highest BCUT2D eigenvalue weighted by Crippen LogP contribution is 2.45. The van der Waals surface area contributed by atoms with Crippen molar-refractivity contribution in [2.24, 2.45) is 0 Å². The second-order valence-electron chi connectivity index (χ2n) is 18.3. The van der Waals surface area contributed by atoms with Crippen LogP contribution in [0.15, 0.2) is 235 Å². The normalized spacial score (nSPS) is 11.9. The summed E-state index contributed by atoms with van der Waals surface area (Å²) < 4.78 is 11.9. The fraction of sp³-hybridized carbons (Fsp3) is 0. The summed E-state index contributed by atoms with van der Waals surface area (Å²) in [5, 5.41) is 11.7. The minimum Gasteiger partial charge on any atom is -0.456 e. The van der Waals surface area contributed by atoms with Gasteiger partial charge in [-0.1, -0.05) is 182 Å². The summed E-state index contributed by atoms with van der Waals surface area (Å²) in [6.07, 6.45) is 0. The number of nitrogens with zero attached hydrogens (tertiary/aromatic N) is 4. The summed E-state index contributed by atoms with van der Waals surface area (Å²) >= 11 is 1.79. The summed E-state index contributed by atoms with van der Waals surface area (Å²) in [7, 11) is 0. The molecule has 15 rings (SSSR count). The van der Waals surface area contributed by atoms with Gasteiger partial charge in [0.2, 0.25) is 0 Å². The average Bonchev–Trinajstić information content (AvgIpc) is 4.11. The lowest BCUT2D eigenvalue weighted by Crippen LogP contribution is -2.00. The highest BCUT2D eigenvalue weighted by Gasteiger charge is 2.24. The average molecular weight is 923 g/mol. The van der Waals surface area contributed by atoms with Gasteiger partial charge in [0.05, 0.1) is 16.7 Å². The lowest BCUT2D eigenvalue weighted by molar-refractivity contribution is 0.668. The van der Waals surface area contributed by atoms with Crippen LogP contribution in [0.3, 0.4) is 0 Å². The lowest BCUT2D eigenvalue weighted by Gasteiger charge is -2.15. The molecule has 0 bridgehead atoms. The molecule has 11 aromatic carbocycles. The van der Waals surface area contributed by atoms with Crippen LogP contribution < -0.4 is 0 Å². The quantitative estimate of drug-likeness (QED) is 0.167. The third-order valence-corrected chi connectivity index (χ3v) is 15.4. The molecule has 15 aromatic rings. The summed E-state index contributed by atoms with van der Waals surface area (Å²) in [6, 6.07) is 82.2. The summed E-state index contributed by atoms with van der Waals surface area (Å²) in [6.45, 7) is 0. The SMILES string of the molecule is c1ccc(-c2ccc(-c3nc(-c4ccc5c(c4)sc4ccccc45)nc(-c4cccc5oc6cc(-n7c8cc9ccccc9cc8c8c9ccccc9ccc87)c(-c7ccccc7)cc6c45)n3)cc2)cc1. The fourth-order valence-electron chi connectivity index (χ4n) is 10.9. The Morgan fingerprint density at radius 3 is 1.77 bits per heavy atom. The number of rotatable bonds is 6. The van der Waals surface area contributed by atoms with Gasteiger partial charge in [-0.15, -0.1) is 11.3 Å². The van der Waals surface area contributed by atoms with E-state index >= 15 is 0 Å². The third kappa shape index (κ3) is 6.35. The number of thiophene rings is 1. The number of furan rings is 1. The van der Waals surface area contributed by atoms with Crippen LogP contribution in [0, 0.1) is 0 Å². The Kier molecular flexibility index (Phi) is 8.76. The van der Waals surface area contributed by atoms with Gasteiger partial charge < -0.3 is 8.98 Å². The van der Waals surface area contributed by atoms with E-state index in [2.05, 4.69) is 223 Å². The summed E-state index contributed by atoms with van der Waals surface area (Å²) in [5.74, 6) is 1.79. The molecule has 0 N–H and O–H groups in total. The van der Waals surface area contributed by atoms with Gasteiger partial charge in [-0.25, -0.2) is 15.0 Å². The van der Waals surface area contributed by atoms with Crippen molar-refractivity contribution in [1.29, 1.82) is 0 Å². The first kappa shape index (κ1) is 39.7. The zero-order valence-electron chi connectivity index (χ0n) is 38.0. The molecular formula is C65H38N4OS. The largest absolute Gasteiger partial charge is 0.456 e. The van der Waals surface area contributed by atoms with Gasteiger partial charge in [0.15, 0.2) is 17.5 Å². The Balaban J connectivity index is 0.974. The van der Waals surface area contributed by atoms with E-state index in [1.54, 1.807) is 11.3 Å². The van der Waals surface area contributed by atoms with Gasteiger partial charge in [-0.3, -0.25) is 0 Å². The van der Waals surface area contributed by atoms with Crippen molar-refractivity contribution in [3.05, 3.63) is 231 Å². The number of hydrogen-bond acceptors (Lipinski definition) is 5. The molecule has 0 radical (unpaired) electrons. The highest BCUT2D eigenvalue weighted by molar-refractivity contribution is 7.25. The van der Waals surface area contributed by atoms with E-state index in [1.165, 1.54) is 52.5 Å². The second kappa shape index (κ2) is 15.7. The summed E-state index contributed by atoms with van der Waals surface area (Å²) in [5.41, 5.74) is 12.0. The molecular weight excluding hydrogens is 885 g/mol. The molecule has 4 aromatic heterocycles. The van der Waals surface area contributed by atoms with E-state index in [-0.39, 0.29) is 0 Å². The minimum atomic E-state index is 0.577. The van der Waals surface area contributed by atoms with Gasteiger partial charge in [-0.2, -0.15) is 0 Å². The molecule has 0 spiro atoms. The van der Waals surface area contributed by atoms with E-state index in [4.69, 9.17) is 19.4 Å². The molecule has 71 heavy (non-hydrogen) atoms. The van der Waals surface area contributed by atoms with Crippen LogP contribution in [0.1, 0.15) is 0 Å². The van der Waals surface area contributed by atoms with Gasteiger partial charge >= 0.3 is 0 Å². The molecule has 0 amide bonds. The van der Waals surface area contributed by atoms with Crippen molar-refractivity contribution in [2.75, 3.05) is 0 Å². The van der Waals surface area contributed by atoms with E-state index in [9.17, 15) is 0 Å². The zero-order valence-corrected chi connectivity index (χ0v) is 38.9. The minimum absolute atomic E-state index is 0.577. The first-order valence-electron chi connectivity index (χ1n) is 23.9. The van der Waals surface area contributed by atoms with E-state index < -0.39 is 0 Å². The van der Waals surface area contributed by atoms with Gasteiger partial charge in [-0.05, 0) is 80.7 Å². The van der Waals surface area contributed by atoms with Crippen molar-refractivity contribution in [1.82, 2.24) is 19.5 Å². The monoisotopic (exact) mass is 922 g/mol. The fourth-order valence-corrected chi connectivity index (χ4v) is 12.0. The number of fused-ring (bicyclic) bond motifs is 12. The Labute approximate surface area is 411 Å². The Morgan fingerprint density at radius 1 is 0.324 bits per heavy atom. The zero-order chi connectivity index (χ0) is 46.6. The molecule has 5 nitrogen and oxygen atoms in total. The third-order valence-electron chi connectivity index (χ3n) is 14.2. The molecule has 4 heterocycles. The number of aromatic nitrogens is 4. The van der Waals surface area contributed by atoms with E-state index in [1.807, 2.05) is 12.1 Å². The predicted octanol–water partition coefficient (Wildman–Crippen LogP) is 17.9. The van der Waals surface area contributed by atoms with Crippen molar-refractivity contribution >= 4 is 96.8 Å². The van der Waals surface area contributed by atoms with E-state index in [0.717, 1.165) is 77.6 Å². The van der Waals surface area contributed by atoms with Crippen LogP contribution in [0.5, 0.6) is 0 Å². The van der Waals surface area contributed by atoms with Crippen LogP contribution in [0.2, 0.25) is 0 Å². The molecule has 0 aliphatic heterocycles. The Hall–Kier alpha value is -9.23. The van der Waals surface area contributed by atoms with Crippen LogP contribution in [-0.2, 0) is 0 Å². The molecule has 0 aliphatic rings. The summed E-state index contributed by atoms with van der Waals surface area (Å²) in [4.78, 5) is 15.9. The second-order valence-corrected chi connectivity index (χ2v) is 19.4. The van der Waals surface area contributed by atoms with Crippen molar-refractivity contribution in [3.8, 4) is 62.1 Å². The first-order valence-corrected chi connectivity index (χ1v) is 24.7. The predicted molar refractivity (Wildman–Crippen MR) is 297 cm³/mol. The highest BCUT2D eigenvalue weighted by atomic mass is 32.1. The topological polar surface area (TPSA) is 56.7 Å². The maximum absolute atomic E-state index is 6.99. The van der Waals surface area contributed by atoms with Gasteiger partial charge in [0, 0.05) is 70.0 Å². The molecule has 330 valence electrons. The first-order chi connectivity index (χ1) is 35.2. The Bertz CT molecular complexity index is 4630. The molecule has 0 saturated carbocycles. The van der Waals surface area contributed by atoms with Crippen molar-refractivity contribution in [2.45, 2.75) is 0 Å². The van der Waals surface area contributed by atoms with Crippen LogP contribution in [-0.4, -0.2) is 19.5 Å². The smallest absolute Gasteiger partial charge is 0.164 e. The van der Waals surface area contributed by atoms with Gasteiger partial charge in [0.25, 0.3) is 0 Å². The number of benzene rings is 11. The molecule has 0 fully saturated rings. The molecule has 0 unspecified atom stereocenters. The van der Waals surface area contributed by atoms with Crippen LogP contribution in [0.4, 0.5) is 0 Å².